The number of aryl methyl sites for hydroxylation is 2. The molecule has 5 rings (SSSR count). The molecule has 3 aromatic rings. The summed E-state index contributed by atoms with van der Waals surface area (Å²) in [4.78, 5) is 12.4. The molecular formula is C27H31N5O2S. The van der Waals surface area contributed by atoms with E-state index in [1.807, 2.05) is 0 Å². The number of rotatable bonds is 10. The van der Waals surface area contributed by atoms with E-state index in [0.29, 0.717) is 17.5 Å². The first-order chi connectivity index (χ1) is 17.2. The quantitative estimate of drug-likeness (QED) is 0.429. The summed E-state index contributed by atoms with van der Waals surface area (Å²) in [5.41, 5.74) is 6.04. The SMILES string of the molecule is O=C(NCC1CCOCC1)c1nnc(CCCCc2cc3c(nn2)CC(Cc2ccccc2)=C3)s1. The Morgan fingerprint density at radius 2 is 1.86 bits per heavy atom. The molecule has 0 unspecified atom stereocenters. The van der Waals surface area contributed by atoms with E-state index in [0.717, 1.165) is 81.0 Å². The molecule has 182 valence electrons. The average molecular weight is 490 g/mol. The molecule has 1 aromatic carbocycles. The van der Waals surface area contributed by atoms with Gasteiger partial charge in [-0.05, 0) is 61.6 Å². The topological polar surface area (TPSA) is 89.9 Å². The van der Waals surface area contributed by atoms with Gasteiger partial charge in [0.05, 0.1) is 11.4 Å². The zero-order valence-corrected chi connectivity index (χ0v) is 20.7. The molecule has 1 saturated heterocycles. The summed E-state index contributed by atoms with van der Waals surface area (Å²) in [6.45, 7) is 2.25. The molecule has 0 saturated carbocycles. The second-order valence-electron chi connectivity index (χ2n) is 9.35. The highest BCUT2D eigenvalue weighted by atomic mass is 32.1. The number of hydrogen-bond acceptors (Lipinski definition) is 7. The van der Waals surface area contributed by atoms with Gasteiger partial charge < -0.3 is 10.1 Å². The molecule has 7 nitrogen and oxygen atoms in total. The van der Waals surface area contributed by atoms with E-state index >= 15 is 0 Å². The zero-order chi connectivity index (χ0) is 23.9. The van der Waals surface area contributed by atoms with Gasteiger partial charge in [-0.15, -0.1) is 10.2 Å². The van der Waals surface area contributed by atoms with Crippen molar-refractivity contribution in [3.05, 3.63) is 74.5 Å². The Hall–Kier alpha value is -2.97. The molecule has 1 aliphatic carbocycles. The Labute approximate surface area is 210 Å². The normalized spacial score (nSPS) is 15.6. The van der Waals surface area contributed by atoms with Crippen LogP contribution in [0.5, 0.6) is 0 Å². The third-order valence-electron chi connectivity index (χ3n) is 6.61. The monoisotopic (exact) mass is 489 g/mol. The number of amides is 1. The number of allylic oxidation sites excluding steroid dienone is 1. The maximum Gasteiger partial charge on any atom is 0.282 e. The molecule has 1 amide bonds. The fourth-order valence-corrected chi connectivity index (χ4v) is 5.41. The van der Waals surface area contributed by atoms with Crippen LogP contribution in [0, 0.1) is 5.92 Å². The number of aromatic nitrogens is 4. The van der Waals surface area contributed by atoms with Crippen molar-refractivity contribution in [2.24, 2.45) is 5.92 Å². The van der Waals surface area contributed by atoms with Gasteiger partial charge in [-0.2, -0.15) is 10.2 Å². The Kier molecular flexibility index (Phi) is 7.90. The maximum absolute atomic E-state index is 12.4. The van der Waals surface area contributed by atoms with Gasteiger partial charge in [0.15, 0.2) is 0 Å². The predicted octanol–water partition coefficient (Wildman–Crippen LogP) is 4.23. The minimum atomic E-state index is -0.117. The molecular weight excluding hydrogens is 458 g/mol. The van der Waals surface area contributed by atoms with Crippen LogP contribution in [0.15, 0.2) is 42.0 Å². The highest BCUT2D eigenvalue weighted by Crippen LogP contribution is 2.26. The summed E-state index contributed by atoms with van der Waals surface area (Å²) in [5.74, 6) is 0.377. The van der Waals surface area contributed by atoms with E-state index in [-0.39, 0.29) is 5.91 Å². The number of ether oxygens (including phenoxy) is 1. The average Bonchev–Trinajstić information content (AvgIpc) is 3.53. The van der Waals surface area contributed by atoms with Crippen LogP contribution in [-0.2, 0) is 30.4 Å². The fourth-order valence-electron chi connectivity index (χ4n) is 4.61. The standard InChI is InChI=1S/C27H31N5O2S/c33-26(28-18-20-10-12-34-13-11-20)27-32-31-25(35-27)9-5-4-8-23-17-22-15-21(16-24(22)30-29-23)14-19-6-2-1-3-7-19/h1-3,6-7,15,17,20H,4-5,8-14,16,18H2,(H,28,33). The van der Waals surface area contributed by atoms with Crippen LogP contribution in [-0.4, -0.2) is 46.1 Å². The molecule has 0 spiro atoms. The lowest BCUT2D eigenvalue weighted by atomic mass is 10.0. The van der Waals surface area contributed by atoms with E-state index in [1.54, 1.807) is 0 Å². The maximum atomic E-state index is 12.4. The third-order valence-corrected chi connectivity index (χ3v) is 7.59. The number of nitrogens with zero attached hydrogens (tertiary/aromatic N) is 4. The first-order valence-electron chi connectivity index (χ1n) is 12.5. The van der Waals surface area contributed by atoms with E-state index in [9.17, 15) is 4.79 Å². The van der Waals surface area contributed by atoms with Gasteiger partial charge in [-0.1, -0.05) is 53.3 Å². The molecule has 1 N–H and O–H groups in total. The van der Waals surface area contributed by atoms with Gasteiger partial charge in [-0.3, -0.25) is 4.79 Å². The van der Waals surface area contributed by atoms with Crippen molar-refractivity contribution in [3.8, 4) is 0 Å². The van der Waals surface area contributed by atoms with Crippen molar-refractivity contribution in [1.29, 1.82) is 0 Å². The highest BCUT2D eigenvalue weighted by molar-refractivity contribution is 7.13. The molecule has 8 heteroatoms. The van der Waals surface area contributed by atoms with Crippen molar-refractivity contribution in [2.45, 2.75) is 51.4 Å². The van der Waals surface area contributed by atoms with Gasteiger partial charge in [0.2, 0.25) is 5.01 Å². The van der Waals surface area contributed by atoms with Crippen LogP contribution < -0.4 is 5.32 Å². The van der Waals surface area contributed by atoms with E-state index < -0.39 is 0 Å². The molecule has 3 heterocycles. The Balaban J connectivity index is 1.05. The van der Waals surface area contributed by atoms with Crippen LogP contribution in [0.1, 0.15) is 63.0 Å². The van der Waals surface area contributed by atoms with E-state index in [1.165, 1.54) is 28.0 Å². The number of fused-ring (bicyclic) bond motifs is 1. The van der Waals surface area contributed by atoms with Crippen LogP contribution in [0.3, 0.4) is 0 Å². The van der Waals surface area contributed by atoms with Crippen LogP contribution in [0.4, 0.5) is 0 Å². The number of hydrogen-bond donors (Lipinski definition) is 1. The summed E-state index contributed by atoms with van der Waals surface area (Å²) in [6, 6.07) is 12.7. The largest absolute Gasteiger partial charge is 0.381 e. The summed E-state index contributed by atoms with van der Waals surface area (Å²) in [6.07, 6.45) is 9.82. The first-order valence-corrected chi connectivity index (χ1v) is 13.3. The molecule has 2 aliphatic rings. The van der Waals surface area contributed by atoms with Crippen molar-refractivity contribution < 1.29 is 9.53 Å². The molecule has 0 radical (unpaired) electrons. The smallest absolute Gasteiger partial charge is 0.282 e. The second-order valence-corrected chi connectivity index (χ2v) is 10.4. The van der Waals surface area contributed by atoms with E-state index in [2.05, 4.69) is 68.2 Å². The minimum Gasteiger partial charge on any atom is -0.381 e. The molecule has 2 aromatic heterocycles. The number of carbonyl (C=O) groups is 1. The second kappa shape index (κ2) is 11.6. The minimum absolute atomic E-state index is 0.117. The van der Waals surface area contributed by atoms with Crippen LogP contribution in [0.25, 0.3) is 6.08 Å². The Morgan fingerprint density at radius 3 is 2.71 bits per heavy atom. The fraction of sp³-hybridized carbons (Fsp3) is 0.444. The van der Waals surface area contributed by atoms with Crippen molar-refractivity contribution in [1.82, 2.24) is 25.7 Å². The summed E-state index contributed by atoms with van der Waals surface area (Å²) in [5, 5.41) is 21.6. The molecule has 35 heavy (non-hydrogen) atoms. The summed E-state index contributed by atoms with van der Waals surface area (Å²) in [7, 11) is 0. The number of unbranched alkanes of at least 4 members (excludes halogenated alkanes) is 1. The van der Waals surface area contributed by atoms with Crippen LogP contribution >= 0.6 is 11.3 Å². The third kappa shape index (κ3) is 6.58. The molecule has 0 atom stereocenters. The van der Waals surface area contributed by atoms with Crippen molar-refractivity contribution in [2.75, 3.05) is 19.8 Å². The number of nitrogens with one attached hydrogen (secondary N) is 1. The lowest BCUT2D eigenvalue weighted by Crippen LogP contribution is -2.32. The lowest BCUT2D eigenvalue weighted by molar-refractivity contribution is 0.0642. The highest BCUT2D eigenvalue weighted by Gasteiger charge is 2.18. The molecule has 1 aliphatic heterocycles. The van der Waals surface area contributed by atoms with Gasteiger partial charge in [0.25, 0.3) is 5.91 Å². The van der Waals surface area contributed by atoms with Gasteiger partial charge >= 0.3 is 0 Å². The zero-order valence-electron chi connectivity index (χ0n) is 19.9. The summed E-state index contributed by atoms with van der Waals surface area (Å²) < 4.78 is 5.37. The Morgan fingerprint density at radius 1 is 1.03 bits per heavy atom. The van der Waals surface area contributed by atoms with Crippen molar-refractivity contribution >= 4 is 23.3 Å². The number of carbonyl (C=O) groups excluding carboxylic acids is 1. The molecule has 1 fully saturated rings. The van der Waals surface area contributed by atoms with Gasteiger partial charge in [0.1, 0.15) is 5.01 Å². The van der Waals surface area contributed by atoms with Gasteiger partial charge in [0, 0.05) is 32.6 Å². The number of benzene rings is 1. The van der Waals surface area contributed by atoms with Crippen LogP contribution in [0.2, 0.25) is 0 Å². The Bertz CT molecular complexity index is 1170. The summed E-state index contributed by atoms with van der Waals surface area (Å²) >= 11 is 1.40. The lowest BCUT2D eigenvalue weighted by Gasteiger charge is -2.21. The van der Waals surface area contributed by atoms with E-state index in [4.69, 9.17) is 4.74 Å². The molecule has 0 bridgehead atoms. The van der Waals surface area contributed by atoms with Gasteiger partial charge in [-0.25, -0.2) is 0 Å². The predicted molar refractivity (Wildman–Crippen MR) is 136 cm³/mol. The van der Waals surface area contributed by atoms with Crippen molar-refractivity contribution in [3.63, 3.8) is 0 Å². The first kappa shape index (κ1) is 23.8.